The molecule has 8 nitrogen and oxygen atoms in total. The minimum atomic E-state index is -3.52. The lowest BCUT2D eigenvalue weighted by molar-refractivity contribution is -0.137. The molecule has 0 bridgehead atoms. The van der Waals surface area contributed by atoms with Gasteiger partial charge in [0.1, 0.15) is 5.82 Å². The second-order valence-electron chi connectivity index (χ2n) is 9.19. The molecule has 2 fully saturated rings. The van der Waals surface area contributed by atoms with E-state index in [0.29, 0.717) is 43.9 Å². The number of aromatic nitrogens is 2. The van der Waals surface area contributed by atoms with Crippen molar-refractivity contribution in [3.63, 3.8) is 0 Å². The number of amides is 1. The standard InChI is InChI=1S/C24H31N5O3S/c30-24(28-15-13-27(14-16-28)23-18-25-9-10-26-23)20-7-11-29(12-8-20)33(31,32)22-6-5-19-3-1-2-4-21(19)17-22/h5-6,9-10,17-18,20H,1-4,7-8,11-16H2. The van der Waals surface area contributed by atoms with Crippen LogP contribution in [0.5, 0.6) is 0 Å². The molecule has 33 heavy (non-hydrogen) atoms. The number of hydrogen-bond donors (Lipinski definition) is 0. The summed E-state index contributed by atoms with van der Waals surface area (Å²) in [7, 11) is -3.52. The molecule has 5 rings (SSSR count). The molecule has 1 aromatic heterocycles. The SMILES string of the molecule is O=C(C1CCN(S(=O)(=O)c2ccc3c(c2)CCCC3)CC1)N1CCN(c2cnccn2)CC1. The fraction of sp³-hybridized carbons (Fsp3) is 0.542. The number of piperazine rings is 1. The van der Waals surface area contributed by atoms with Gasteiger partial charge in [-0.25, -0.2) is 13.4 Å². The predicted molar refractivity (Wildman–Crippen MR) is 125 cm³/mol. The largest absolute Gasteiger partial charge is 0.352 e. The monoisotopic (exact) mass is 469 g/mol. The first-order chi connectivity index (χ1) is 16.0. The second kappa shape index (κ2) is 9.38. The molecule has 3 heterocycles. The van der Waals surface area contributed by atoms with Crippen LogP contribution in [0.3, 0.4) is 0 Å². The molecule has 2 saturated heterocycles. The van der Waals surface area contributed by atoms with Gasteiger partial charge in [-0.2, -0.15) is 4.31 Å². The van der Waals surface area contributed by atoms with Crippen LogP contribution in [0.25, 0.3) is 0 Å². The molecule has 1 aromatic carbocycles. The normalized spacial score (nSPS) is 20.5. The molecule has 176 valence electrons. The van der Waals surface area contributed by atoms with Crippen molar-refractivity contribution in [1.82, 2.24) is 19.2 Å². The van der Waals surface area contributed by atoms with Crippen molar-refractivity contribution < 1.29 is 13.2 Å². The molecule has 0 spiro atoms. The van der Waals surface area contributed by atoms with Crippen molar-refractivity contribution in [2.24, 2.45) is 5.92 Å². The number of piperidine rings is 1. The molecule has 0 atom stereocenters. The van der Waals surface area contributed by atoms with Gasteiger partial charge in [0.2, 0.25) is 15.9 Å². The van der Waals surface area contributed by atoms with E-state index < -0.39 is 10.0 Å². The van der Waals surface area contributed by atoms with Gasteiger partial charge in [-0.1, -0.05) is 6.07 Å². The van der Waals surface area contributed by atoms with Gasteiger partial charge < -0.3 is 9.80 Å². The number of carbonyl (C=O) groups is 1. The van der Waals surface area contributed by atoms with Crippen LogP contribution >= 0.6 is 0 Å². The fourth-order valence-electron chi connectivity index (χ4n) is 5.23. The average molecular weight is 470 g/mol. The highest BCUT2D eigenvalue weighted by molar-refractivity contribution is 7.89. The lowest BCUT2D eigenvalue weighted by Crippen LogP contribution is -2.52. The maximum absolute atomic E-state index is 13.2. The van der Waals surface area contributed by atoms with Crippen LogP contribution in [0.1, 0.15) is 36.8 Å². The van der Waals surface area contributed by atoms with Gasteiger partial charge in [-0.05, 0) is 61.8 Å². The molecule has 1 aliphatic carbocycles. The smallest absolute Gasteiger partial charge is 0.243 e. The lowest BCUT2D eigenvalue weighted by Gasteiger charge is -2.38. The Hall–Kier alpha value is -2.52. The number of sulfonamides is 1. The van der Waals surface area contributed by atoms with E-state index >= 15 is 0 Å². The Balaban J connectivity index is 1.17. The first-order valence-electron chi connectivity index (χ1n) is 11.9. The number of aryl methyl sites for hydroxylation is 2. The molecule has 2 aliphatic heterocycles. The number of carbonyl (C=O) groups excluding carboxylic acids is 1. The first-order valence-corrected chi connectivity index (χ1v) is 13.4. The minimum Gasteiger partial charge on any atom is -0.352 e. The van der Waals surface area contributed by atoms with Crippen LogP contribution in [0, 0.1) is 5.92 Å². The number of nitrogens with zero attached hydrogens (tertiary/aromatic N) is 5. The Bertz CT molecular complexity index is 1090. The maximum Gasteiger partial charge on any atom is 0.243 e. The van der Waals surface area contributed by atoms with E-state index in [0.717, 1.165) is 38.2 Å². The third kappa shape index (κ3) is 4.61. The zero-order valence-corrected chi connectivity index (χ0v) is 19.7. The summed E-state index contributed by atoms with van der Waals surface area (Å²) in [5, 5.41) is 0. The Labute approximate surface area is 195 Å². The Morgan fingerprint density at radius 1 is 0.909 bits per heavy atom. The van der Waals surface area contributed by atoms with Gasteiger partial charge in [0, 0.05) is 57.6 Å². The van der Waals surface area contributed by atoms with Crippen molar-refractivity contribution in [2.45, 2.75) is 43.4 Å². The van der Waals surface area contributed by atoms with Crippen molar-refractivity contribution in [3.05, 3.63) is 47.9 Å². The molecular weight excluding hydrogens is 438 g/mol. The average Bonchev–Trinajstić information content (AvgIpc) is 2.88. The molecule has 3 aliphatic rings. The van der Waals surface area contributed by atoms with E-state index in [9.17, 15) is 13.2 Å². The number of hydrogen-bond acceptors (Lipinski definition) is 6. The van der Waals surface area contributed by atoms with E-state index in [2.05, 4.69) is 14.9 Å². The number of benzene rings is 1. The minimum absolute atomic E-state index is 0.108. The highest BCUT2D eigenvalue weighted by atomic mass is 32.2. The van der Waals surface area contributed by atoms with Crippen LogP contribution in [-0.4, -0.2) is 72.8 Å². The summed E-state index contributed by atoms with van der Waals surface area (Å²) in [5.41, 5.74) is 2.46. The zero-order valence-electron chi connectivity index (χ0n) is 18.9. The summed E-state index contributed by atoms with van der Waals surface area (Å²) < 4.78 is 28.0. The van der Waals surface area contributed by atoms with Gasteiger partial charge >= 0.3 is 0 Å². The van der Waals surface area contributed by atoms with E-state index in [1.54, 1.807) is 29.0 Å². The lowest BCUT2D eigenvalue weighted by atomic mass is 9.92. The Morgan fingerprint density at radius 3 is 2.33 bits per heavy atom. The van der Waals surface area contributed by atoms with Gasteiger partial charge in [0.25, 0.3) is 0 Å². The first kappa shape index (κ1) is 22.3. The van der Waals surface area contributed by atoms with Crippen molar-refractivity contribution in [2.75, 3.05) is 44.2 Å². The van der Waals surface area contributed by atoms with Gasteiger partial charge in [0.15, 0.2) is 0 Å². The molecule has 1 amide bonds. The Morgan fingerprint density at radius 2 is 1.64 bits per heavy atom. The summed E-state index contributed by atoms with van der Waals surface area (Å²) in [6.07, 6.45) is 10.5. The van der Waals surface area contributed by atoms with Crippen LogP contribution in [-0.2, 0) is 27.7 Å². The van der Waals surface area contributed by atoms with Crippen LogP contribution in [0.4, 0.5) is 5.82 Å². The molecular formula is C24H31N5O3S. The maximum atomic E-state index is 13.2. The quantitative estimate of drug-likeness (QED) is 0.682. The summed E-state index contributed by atoms with van der Waals surface area (Å²) >= 11 is 0. The second-order valence-corrected chi connectivity index (χ2v) is 11.1. The number of rotatable bonds is 4. The zero-order chi connectivity index (χ0) is 22.8. The Kier molecular flexibility index (Phi) is 6.34. The van der Waals surface area contributed by atoms with E-state index in [1.165, 1.54) is 17.5 Å². The third-order valence-corrected chi connectivity index (χ3v) is 9.12. The third-order valence-electron chi connectivity index (χ3n) is 7.23. The van der Waals surface area contributed by atoms with Gasteiger partial charge in [-0.15, -0.1) is 0 Å². The molecule has 0 saturated carbocycles. The molecule has 0 N–H and O–H groups in total. The van der Waals surface area contributed by atoms with Crippen LogP contribution in [0.15, 0.2) is 41.7 Å². The van der Waals surface area contributed by atoms with Crippen LogP contribution < -0.4 is 4.90 Å². The van der Waals surface area contributed by atoms with E-state index in [-0.39, 0.29) is 11.8 Å². The summed E-state index contributed by atoms with van der Waals surface area (Å²) in [6.45, 7) is 3.57. The molecule has 2 aromatic rings. The summed E-state index contributed by atoms with van der Waals surface area (Å²) in [6, 6.07) is 5.61. The van der Waals surface area contributed by atoms with E-state index in [4.69, 9.17) is 0 Å². The molecule has 0 radical (unpaired) electrons. The number of anilines is 1. The highest BCUT2D eigenvalue weighted by Gasteiger charge is 2.35. The summed E-state index contributed by atoms with van der Waals surface area (Å²) in [5.74, 6) is 0.882. The summed E-state index contributed by atoms with van der Waals surface area (Å²) in [4.78, 5) is 26.0. The molecule has 9 heteroatoms. The number of fused-ring (bicyclic) bond motifs is 1. The van der Waals surface area contributed by atoms with Crippen molar-refractivity contribution in [3.8, 4) is 0 Å². The molecule has 0 unspecified atom stereocenters. The highest BCUT2D eigenvalue weighted by Crippen LogP contribution is 2.29. The van der Waals surface area contributed by atoms with Crippen molar-refractivity contribution in [1.29, 1.82) is 0 Å². The fourth-order valence-corrected chi connectivity index (χ4v) is 6.75. The van der Waals surface area contributed by atoms with Gasteiger partial charge in [0.05, 0.1) is 11.1 Å². The van der Waals surface area contributed by atoms with Crippen LogP contribution in [0.2, 0.25) is 0 Å². The topological polar surface area (TPSA) is 86.7 Å². The van der Waals surface area contributed by atoms with Gasteiger partial charge in [-0.3, -0.25) is 9.78 Å². The van der Waals surface area contributed by atoms with Crippen molar-refractivity contribution >= 4 is 21.7 Å². The van der Waals surface area contributed by atoms with E-state index in [1.807, 2.05) is 17.0 Å². The predicted octanol–water partition coefficient (Wildman–Crippen LogP) is 2.10.